The second kappa shape index (κ2) is 8.31. The van der Waals surface area contributed by atoms with Crippen molar-refractivity contribution in [1.82, 2.24) is 5.32 Å². The van der Waals surface area contributed by atoms with E-state index in [0.29, 0.717) is 0 Å². The zero-order valence-electron chi connectivity index (χ0n) is 13.3. The molecule has 0 unspecified atom stereocenters. The summed E-state index contributed by atoms with van der Waals surface area (Å²) in [5.74, 6) is -1.27. The number of ether oxygens (including phenoxy) is 1. The molecule has 1 aromatic rings. The van der Waals surface area contributed by atoms with E-state index in [4.69, 9.17) is 16.3 Å². The lowest BCUT2D eigenvalue weighted by molar-refractivity contribution is -0.124. The molecule has 0 saturated carbocycles. The predicted octanol–water partition coefficient (Wildman–Crippen LogP) is 2.21. The number of benzene rings is 1. The molecule has 0 aliphatic carbocycles. The van der Waals surface area contributed by atoms with Gasteiger partial charge in [0.2, 0.25) is 0 Å². The number of carbonyl (C=O) groups is 2. The molecular weight excluding hydrogens is 342 g/mol. The maximum atomic E-state index is 12.0. The van der Waals surface area contributed by atoms with E-state index in [2.05, 4.69) is 5.32 Å². The van der Waals surface area contributed by atoms with E-state index >= 15 is 0 Å². The molecule has 0 aromatic heterocycles. The minimum absolute atomic E-state index is 0.0108. The number of rotatable bonds is 7. The van der Waals surface area contributed by atoms with E-state index in [1.807, 2.05) is 13.8 Å². The lowest BCUT2D eigenvalue weighted by Crippen LogP contribution is -2.35. The molecular formula is C15H20ClNO5S. The quantitative estimate of drug-likeness (QED) is 0.752. The number of halogens is 1. The van der Waals surface area contributed by atoms with Crippen LogP contribution < -0.4 is 5.32 Å². The van der Waals surface area contributed by atoms with Gasteiger partial charge >= 0.3 is 5.97 Å². The van der Waals surface area contributed by atoms with Crippen molar-refractivity contribution in [2.45, 2.75) is 37.6 Å². The average Bonchev–Trinajstić information content (AvgIpc) is 2.44. The van der Waals surface area contributed by atoms with Gasteiger partial charge in [-0.3, -0.25) is 4.79 Å². The molecule has 0 heterocycles. The van der Waals surface area contributed by atoms with Gasteiger partial charge in [-0.05, 0) is 31.5 Å². The summed E-state index contributed by atoms with van der Waals surface area (Å²) in [5, 5.41) is 2.75. The molecule has 0 aliphatic heterocycles. The summed E-state index contributed by atoms with van der Waals surface area (Å²) in [7, 11) is -3.47. The topological polar surface area (TPSA) is 89.5 Å². The first kappa shape index (κ1) is 19.4. The first-order valence-corrected chi connectivity index (χ1v) is 9.38. The third kappa shape index (κ3) is 6.19. The highest BCUT2D eigenvalue weighted by molar-refractivity contribution is 7.90. The van der Waals surface area contributed by atoms with Gasteiger partial charge in [0.15, 0.2) is 16.4 Å². The molecule has 128 valence electrons. The highest BCUT2D eigenvalue weighted by Crippen LogP contribution is 2.21. The van der Waals surface area contributed by atoms with Gasteiger partial charge in [-0.1, -0.05) is 24.9 Å². The second-order valence-electron chi connectivity index (χ2n) is 5.25. The van der Waals surface area contributed by atoms with Crippen LogP contribution in [0.4, 0.5) is 0 Å². The van der Waals surface area contributed by atoms with E-state index in [9.17, 15) is 18.0 Å². The van der Waals surface area contributed by atoms with Crippen molar-refractivity contribution in [3.05, 3.63) is 28.8 Å². The first-order chi connectivity index (χ1) is 10.6. The molecule has 1 aromatic carbocycles. The average molecular weight is 362 g/mol. The van der Waals surface area contributed by atoms with Crippen LogP contribution >= 0.6 is 11.6 Å². The van der Waals surface area contributed by atoms with Crippen LogP contribution in [0.5, 0.6) is 0 Å². The van der Waals surface area contributed by atoms with E-state index in [1.165, 1.54) is 12.1 Å². The molecule has 1 N–H and O–H groups in total. The highest BCUT2D eigenvalue weighted by atomic mass is 35.5. The SMILES string of the molecule is CCC[C@@H](C)NC(=O)COC(=O)c1cc(S(C)(=O)=O)ccc1Cl. The summed E-state index contributed by atoms with van der Waals surface area (Å²) >= 11 is 5.89. The van der Waals surface area contributed by atoms with E-state index < -0.39 is 28.3 Å². The van der Waals surface area contributed by atoms with Crippen LogP contribution in [-0.4, -0.2) is 39.2 Å². The molecule has 1 amide bonds. The fourth-order valence-corrected chi connectivity index (χ4v) is 2.76. The van der Waals surface area contributed by atoms with E-state index in [-0.39, 0.29) is 21.5 Å². The number of nitrogens with one attached hydrogen (secondary N) is 1. The van der Waals surface area contributed by atoms with Crippen LogP contribution in [0.15, 0.2) is 23.1 Å². The fourth-order valence-electron chi connectivity index (χ4n) is 1.92. The Labute approximate surface area is 141 Å². The molecule has 1 rings (SSSR count). The van der Waals surface area contributed by atoms with Crippen molar-refractivity contribution in [2.75, 3.05) is 12.9 Å². The minimum atomic E-state index is -3.47. The third-order valence-electron chi connectivity index (χ3n) is 3.05. The van der Waals surface area contributed by atoms with Gasteiger partial charge in [-0.2, -0.15) is 0 Å². The van der Waals surface area contributed by atoms with Gasteiger partial charge in [0.1, 0.15) is 0 Å². The Morgan fingerprint density at radius 2 is 2.00 bits per heavy atom. The number of amides is 1. The fraction of sp³-hybridized carbons (Fsp3) is 0.467. The molecule has 1 atom stereocenters. The van der Waals surface area contributed by atoms with Crippen molar-refractivity contribution >= 4 is 33.3 Å². The van der Waals surface area contributed by atoms with E-state index in [0.717, 1.165) is 25.2 Å². The number of carbonyl (C=O) groups excluding carboxylic acids is 2. The van der Waals surface area contributed by atoms with Crippen molar-refractivity contribution < 1.29 is 22.7 Å². The standard InChI is InChI=1S/C15H20ClNO5S/c1-4-5-10(2)17-14(18)9-22-15(19)12-8-11(23(3,20)21)6-7-13(12)16/h6-8,10H,4-5,9H2,1-3H3,(H,17,18)/t10-/m1/s1. The van der Waals surface area contributed by atoms with Crippen molar-refractivity contribution in [3.8, 4) is 0 Å². The van der Waals surface area contributed by atoms with Crippen molar-refractivity contribution in [3.63, 3.8) is 0 Å². The number of esters is 1. The number of hydrogen-bond donors (Lipinski definition) is 1. The lowest BCUT2D eigenvalue weighted by atomic mass is 10.2. The Kier molecular flexibility index (Phi) is 7.02. The molecule has 0 fully saturated rings. The second-order valence-corrected chi connectivity index (χ2v) is 7.67. The Balaban J connectivity index is 2.73. The normalized spacial score (nSPS) is 12.5. The van der Waals surface area contributed by atoms with Crippen LogP contribution in [0.2, 0.25) is 5.02 Å². The predicted molar refractivity (Wildman–Crippen MR) is 87.4 cm³/mol. The van der Waals surface area contributed by atoms with Crippen LogP contribution in [0, 0.1) is 0 Å². The summed E-state index contributed by atoms with van der Waals surface area (Å²) in [6.07, 6.45) is 2.77. The summed E-state index contributed by atoms with van der Waals surface area (Å²) in [6.45, 7) is 3.40. The van der Waals surface area contributed by atoms with Crippen LogP contribution in [-0.2, 0) is 19.4 Å². The summed E-state index contributed by atoms with van der Waals surface area (Å²) in [6, 6.07) is 3.73. The Bertz CT molecular complexity index is 687. The van der Waals surface area contributed by atoms with Gasteiger partial charge in [0.25, 0.3) is 5.91 Å². The Morgan fingerprint density at radius 3 is 2.57 bits per heavy atom. The van der Waals surface area contributed by atoms with Gasteiger partial charge < -0.3 is 10.1 Å². The molecule has 0 spiro atoms. The van der Waals surface area contributed by atoms with Gasteiger partial charge in [0, 0.05) is 12.3 Å². The summed E-state index contributed by atoms with van der Waals surface area (Å²) < 4.78 is 27.9. The molecule has 0 bridgehead atoms. The summed E-state index contributed by atoms with van der Waals surface area (Å²) in [5.41, 5.74) is -0.0935. The van der Waals surface area contributed by atoms with Crippen LogP contribution in [0.1, 0.15) is 37.0 Å². The number of hydrogen-bond acceptors (Lipinski definition) is 5. The smallest absolute Gasteiger partial charge is 0.340 e. The zero-order valence-corrected chi connectivity index (χ0v) is 14.8. The third-order valence-corrected chi connectivity index (χ3v) is 4.49. The van der Waals surface area contributed by atoms with Crippen molar-refractivity contribution in [1.29, 1.82) is 0 Å². The largest absolute Gasteiger partial charge is 0.452 e. The highest BCUT2D eigenvalue weighted by Gasteiger charge is 2.18. The minimum Gasteiger partial charge on any atom is -0.452 e. The van der Waals surface area contributed by atoms with Gasteiger partial charge in [0.05, 0.1) is 15.5 Å². The molecule has 6 nitrogen and oxygen atoms in total. The number of sulfone groups is 1. The molecule has 8 heteroatoms. The molecule has 0 aliphatic rings. The first-order valence-electron chi connectivity index (χ1n) is 7.11. The summed E-state index contributed by atoms with van der Waals surface area (Å²) in [4.78, 5) is 23.6. The molecule has 0 radical (unpaired) electrons. The molecule has 0 saturated heterocycles. The van der Waals surface area contributed by atoms with Crippen molar-refractivity contribution in [2.24, 2.45) is 0 Å². The van der Waals surface area contributed by atoms with Crippen LogP contribution in [0.25, 0.3) is 0 Å². The zero-order chi connectivity index (χ0) is 17.6. The lowest BCUT2D eigenvalue weighted by Gasteiger charge is -2.13. The van der Waals surface area contributed by atoms with Crippen LogP contribution in [0.3, 0.4) is 0 Å². The van der Waals surface area contributed by atoms with Gasteiger partial charge in [-0.25, -0.2) is 13.2 Å². The maximum Gasteiger partial charge on any atom is 0.340 e. The molecule has 23 heavy (non-hydrogen) atoms. The Morgan fingerprint density at radius 1 is 1.35 bits per heavy atom. The van der Waals surface area contributed by atoms with Gasteiger partial charge in [-0.15, -0.1) is 0 Å². The van der Waals surface area contributed by atoms with E-state index in [1.54, 1.807) is 0 Å². The maximum absolute atomic E-state index is 12.0. The monoisotopic (exact) mass is 361 g/mol. The Hall–Kier alpha value is -1.60.